The van der Waals surface area contributed by atoms with E-state index in [-0.39, 0.29) is 106 Å². The molecule has 0 bridgehead atoms. The number of fused-ring (bicyclic) bond motifs is 14. The molecule has 4 nitrogen and oxygen atoms in total. The zero-order valence-electron chi connectivity index (χ0n) is 88.8. The van der Waals surface area contributed by atoms with Gasteiger partial charge in [0.1, 0.15) is 0 Å². The molecule has 115 heavy (non-hydrogen) atoms. The van der Waals surface area contributed by atoms with Gasteiger partial charge < -0.3 is 0 Å². The predicted octanol–water partition coefficient (Wildman–Crippen LogP) is 27.2. The van der Waals surface area contributed by atoms with E-state index in [4.69, 9.17) is 2.74 Å². The average Bonchev–Trinajstić information content (AvgIpc) is 1.16. The van der Waals surface area contributed by atoms with Gasteiger partial charge >= 0.3 is 651 Å². The van der Waals surface area contributed by atoms with Gasteiger partial charge in [-0.1, -0.05) is 62.3 Å². The second-order valence-electron chi connectivity index (χ2n) is 35.6. The summed E-state index contributed by atoms with van der Waals surface area (Å²) in [5, 5.41) is -0.184. The molecular weight excluding hydrogens is 1520 g/mol. The minimum absolute atomic E-state index is 0.00618. The second-order valence-corrected chi connectivity index (χ2v) is 39.8. The number of rotatable bonds is 9. The zero-order chi connectivity index (χ0) is 98.2. The van der Waals surface area contributed by atoms with Gasteiger partial charge in [0.2, 0.25) is 0 Å². The summed E-state index contributed by atoms with van der Waals surface area (Å²) >= 11 is -2.49. The Hall–Kier alpha value is -11.1. The third-order valence-electron chi connectivity index (χ3n) is 23.0. The van der Waals surface area contributed by atoms with Crippen molar-refractivity contribution in [1.29, 1.82) is 0 Å². The van der Waals surface area contributed by atoms with E-state index in [2.05, 4.69) is 152 Å². The summed E-state index contributed by atoms with van der Waals surface area (Å²) in [6.45, 7) is 30.9. The van der Waals surface area contributed by atoms with Crippen LogP contribution in [-0.2, 0) is 27.1 Å². The van der Waals surface area contributed by atoms with Crippen molar-refractivity contribution in [1.82, 2.24) is 9.13 Å². The van der Waals surface area contributed by atoms with Crippen LogP contribution in [0, 0.1) is 0 Å². The Morgan fingerprint density at radius 2 is 0.635 bits per heavy atom. The van der Waals surface area contributed by atoms with Crippen molar-refractivity contribution < 1.29 is 30.2 Å². The van der Waals surface area contributed by atoms with Gasteiger partial charge in [0.25, 0.3) is 0 Å². The van der Waals surface area contributed by atoms with Crippen molar-refractivity contribution >= 4 is 147 Å². The summed E-state index contributed by atoms with van der Waals surface area (Å²) in [7, 11) is 0. The van der Waals surface area contributed by atoms with Crippen LogP contribution in [0.1, 0.15) is 162 Å². The standard InChI is InChI=1S/C108H95BN4Se2/c1-104(2,3)71-58-80(66-36-20-16-21-37-66)100(81(59-71)67-38-22-17-23-39-67)112-90-64-74(110-88-48-32-28-44-76(88)97-78-46-30-34-50-94(78)114-102(97)110)52-54-86(90)109-87-55-53-75(111-89-49-33-29-45-77(89)98-79-47-31-35-51-95(79)115-103(98)111)65-91(87)113(101-82(68-40-24-18-25-41-68)60-72(105(4,5)6)61-83(101)69-42-26-19-27-43-69)93-57-70(56-92(112)99(93)109)96-84(107(10,11)12)62-73(106(7,8)9)63-85(96)108(13,14)15/h16-65H,1-15H3/i28D,29D,30D,31D,32D,33D,34D,35D,44D,45D,46D,47D,48D,49D,50D,51D,52D,53D,54D,55D,64D,65D. The summed E-state index contributed by atoms with van der Waals surface area (Å²) in [5.41, 5.74) is 9.03. The Morgan fingerprint density at radius 1 is 0.313 bits per heavy atom. The van der Waals surface area contributed by atoms with E-state index in [0.717, 1.165) is 33.4 Å². The van der Waals surface area contributed by atoms with Crippen LogP contribution in [0.2, 0.25) is 0 Å². The molecule has 0 N–H and O–H groups in total. The Kier molecular flexibility index (Phi) is 12.2. The summed E-state index contributed by atoms with van der Waals surface area (Å²) < 4.78 is 228. The first-order valence-electron chi connectivity index (χ1n) is 50.1. The summed E-state index contributed by atoms with van der Waals surface area (Å²) in [6.07, 6.45) is 0. The van der Waals surface area contributed by atoms with Gasteiger partial charge in [0, 0.05) is 0 Å². The maximum absolute atomic E-state index is 12.2. The first-order chi connectivity index (χ1) is 64.4. The Balaban J connectivity index is 1.10. The van der Waals surface area contributed by atoms with Crippen molar-refractivity contribution in [2.45, 2.75) is 131 Å². The van der Waals surface area contributed by atoms with Crippen molar-refractivity contribution in [2.24, 2.45) is 0 Å². The quantitative estimate of drug-likeness (QED) is 0.134. The van der Waals surface area contributed by atoms with Gasteiger partial charge in [-0.25, -0.2) is 0 Å². The molecule has 0 unspecified atom stereocenters. The third-order valence-corrected chi connectivity index (χ3v) is 27.5. The molecule has 0 atom stereocenters. The normalized spacial score (nSPS) is 16.0. The van der Waals surface area contributed by atoms with Crippen LogP contribution >= 0.6 is 0 Å². The zero-order valence-corrected chi connectivity index (χ0v) is 70.3. The number of hydrogen-bond donors (Lipinski definition) is 0. The molecular formula is C108H95BN4Se2. The molecule has 18 aromatic rings. The van der Waals surface area contributed by atoms with Crippen LogP contribution in [-0.4, -0.2) is 44.9 Å². The molecule has 14 aromatic carbocycles. The van der Waals surface area contributed by atoms with Crippen LogP contribution in [0.25, 0.3) is 128 Å². The van der Waals surface area contributed by atoms with E-state index in [1.165, 1.54) is 9.13 Å². The summed E-state index contributed by atoms with van der Waals surface area (Å²) in [5.74, 6) is 0. The van der Waals surface area contributed by atoms with Crippen molar-refractivity contribution in [3.8, 4) is 67.0 Å². The molecule has 2 aliphatic heterocycles. The number of anilines is 6. The van der Waals surface area contributed by atoms with Crippen molar-refractivity contribution in [2.75, 3.05) is 9.80 Å². The van der Waals surface area contributed by atoms with Crippen LogP contribution in [0.4, 0.5) is 34.1 Å². The predicted molar refractivity (Wildman–Crippen MR) is 499 cm³/mol. The van der Waals surface area contributed by atoms with Gasteiger partial charge in [-0.15, -0.1) is 0 Å². The minimum atomic E-state index is -1.63. The van der Waals surface area contributed by atoms with Gasteiger partial charge in [-0.3, -0.25) is 0 Å². The van der Waals surface area contributed by atoms with E-state index >= 15 is 0 Å². The van der Waals surface area contributed by atoms with Crippen molar-refractivity contribution in [3.05, 3.63) is 331 Å². The second kappa shape index (κ2) is 26.7. The molecule has 0 radical (unpaired) electrons. The van der Waals surface area contributed by atoms with E-state index in [9.17, 15) is 27.4 Å². The third kappa shape index (κ3) is 11.9. The topological polar surface area (TPSA) is 16.3 Å². The van der Waals surface area contributed by atoms with Crippen LogP contribution < -0.4 is 26.2 Å². The Bertz CT molecular complexity index is 7790. The molecule has 0 aliphatic carbocycles. The maximum atomic E-state index is 12.2. The Labute approximate surface area is 720 Å². The number of para-hydroxylation sites is 2. The van der Waals surface area contributed by atoms with Gasteiger partial charge in [0.05, 0.1) is 0 Å². The Morgan fingerprint density at radius 3 is 0.974 bits per heavy atom. The molecule has 20 rings (SSSR count). The molecule has 4 aromatic heterocycles. The van der Waals surface area contributed by atoms with Gasteiger partial charge in [-0.05, 0) is 11.0 Å². The molecule has 0 spiro atoms. The van der Waals surface area contributed by atoms with E-state index < -0.39 is 184 Å². The molecule has 2 aliphatic rings. The van der Waals surface area contributed by atoms with Crippen LogP contribution in [0.3, 0.4) is 0 Å². The number of benzene rings is 14. The SMILES string of the molecule is [2H]c1c([2H])c(-n2c3[se]c4c([2H])c([2H])c([2H])c([2H])c4c3c3c([2H])c([2H])c([2H])c([2H])c32)c([2H])c2c1B1c3c(cc(-c4c(C(C)(C)C)cc(C(C)(C)C)cc4C(C)(C)C)cc3N(c3c(-c4ccccc4)cc(C(C)(C)C)cc3-c3ccccc3)c3c([2H])c(-n4c5[se]c6c([2H])c([2H])c([2H])c([2H])c6c5c5c([2H])c([2H])c([2H])c([2H])c54)c([2H])c([2H])c31)N2c1c(-c2ccccc2)cc(C(C)(C)C)cc1-c1ccccc1. The van der Waals surface area contributed by atoms with Gasteiger partial charge in [-0.2, -0.15) is 0 Å². The number of aromatic nitrogens is 2. The van der Waals surface area contributed by atoms with E-state index in [0.29, 0.717) is 78.3 Å². The molecule has 0 saturated heterocycles. The fourth-order valence-electron chi connectivity index (χ4n) is 17.2. The van der Waals surface area contributed by atoms with Gasteiger partial charge in [0.15, 0.2) is 0 Å². The summed E-state index contributed by atoms with van der Waals surface area (Å²) in [4.78, 5) is 4.04. The number of hydrogen-bond acceptors (Lipinski definition) is 2. The monoisotopic (exact) mass is 1640 g/mol. The van der Waals surface area contributed by atoms with E-state index in [1.807, 2.05) is 131 Å². The summed E-state index contributed by atoms with van der Waals surface area (Å²) in [6, 6.07) is 44.5. The molecule has 0 fully saturated rings. The fraction of sp³-hybridized carbons (Fsp3) is 0.185. The van der Waals surface area contributed by atoms with Crippen LogP contribution in [0.5, 0.6) is 0 Å². The molecule has 6 heterocycles. The average molecular weight is 1640 g/mol. The van der Waals surface area contributed by atoms with Crippen molar-refractivity contribution in [3.63, 3.8) is 0 Å². The molecule has 0 amide bonds. The molecule has 0 saturated carbocycles. The van der Waals surface area contributed by atoms with Crippen LogP contribution in [0.15, 0.2) is 303 Å². The molecule has 562 valence electrons. The molecule has 7 heteroatoms. The number of nitrogens with zero attached hydrogens (tertiary/aromatic N) is 4. The van der Waals surface area contributed by atoms with E-state index in [1.54, 1.807) is 0 Å². The fourth-order valence-corrected chi connectivity index (χ4v) is 22.0. The first kappa shape index (κ1) is 52.4. The first-order valence-corrected chi connectivity index (χ1v) is 42.6.